The number of furan rings is 1. The molecule has 1 fully saturated rings. The Labute approximate surface area is 127 Å². The van der Waals surface area contributed by atoms with Crippen LogP contribution in [0, 0.1) is 5.92 Å². The summed E-state index contributed by atoms with van der Waals surface area (Å²) in [7, 11) is 0. The summed E-state index contributed by atoms with van der Waals surface area (Å²) in [6.45, 7) is 7.20. The predicted octanol–water partition coefficient (Wildman–Crippen LogP) is 1.69. The van der Waals surface area contributed by atoms with Gasteiger partial charge in [0, 0.05) is 32.6 Å². The minimum atomic E-state index is 0.288. The van der Waals surface area contributed by atoms with Crippen LogP contribution in [0.2, 0.25) is 0 Å². The topological polar surface area (TPSA) is 62.7 Å². The van der Waals surface area contributed by atoms with Gasteiger partial charge in [0.1, 0.15) is 5.76 Å². The van der Waals surface area contributed by atoms with E-state index < -0.39 is 0 Å². The largest absolute Gasteiger partial charge is 0.468 e. The maximum absolute atomic E-state index is 12.2. The molecule has 0 saturated carbocycles. The number of carbonyl (C=O) groups excluding carboxylic acids is 1. The van der Waals surface area contributed by atoms with Crippen molar-refractivity contribution < 1.29 is 9.21 Å². The summed E-state index contributed by atoms with van der Waals surface area (Å²) < 4.78 is 5.37. The number of piperazine rings is 1. The molecular formula is C16H27N3O2. The van der Waals surface area contributed by atoms with E-state index in [0.29, 0.717) is 18.9 Å². The number of hydrogen-bond donors (Lipinski definition) is 1. The van der Waals surface area contributed by atoms with Gasteiger partial charge in [0.15, 0.2) is 0 Å². The Morgan fingerprint density at radius 3 is 2.71 bits per heavy atom. The van der Waals surface area contributed by atoms with Crippen molar-refractivity contribution in [3.63, 3.8) is 0 Å². The van der Waals surface area contributed by atoms with Gasteiger partial charge in [-0.2, -0.15) is 0 Å². The van der Waals surface area contributed by atoms with Crippen LogP contribution < -0.4 is 5.73 Å². The third kappa shape index (κ3) is 5.17. The van der Waals surface area contributed by atoms with Crippen molar-refractivity contribution in [2.45, 2.75) is 32.7 Å². The van der Waals surface area contributed by atoms with Gasteiger partial charge < -0.3 is 15.1 Å². The second-order valence-corrected chi connectivity index (χ2v) is 5.96. The number of nitrogens with zero attached hydrogens (tertiary/aromatic N) is 2. The van der Waals surface area contributed by atoms with E-state index in [2.05, 4.69) is 11.8 Å². The Hall–Kier alpha value is -1.33. The molecule has 5 nitrogen and oxygen atoms in total. The van der Waals surface area contributed by atoms with E-state index in [0.717, 1.165) is 51.3 Å². The van der Waals surface area contributed by atoms with Crippen LogP contribution in [0.15, 0.2) is 22.8 Å². The molecule has 0 aromatic carbocycles. The number of hydrogen-bond acceptors (Lipinski definition) is 4. The Balaban J connectivity index is 1.67. The van der Waals surface area contributed by atoms with Crippen LogP contribution in [0.25, 0.3) is 0 Å². The molecule has 0 bridgehead atoms. The molecule has 1 aliphatic heterocycles. The van der Waals surface area contributed by atoms with Crippen LogP contribution >= 0.6 is 0 Å². The fourth-order valence-electron chi connectivity index (χ4n) is 2.74. The first-order valence-electron chi connectivity index (χ1n) is 7.91. The van der Waals surface area contributed by atoms with Crippen molar-refractivity contribution in [1.29, 1.82) is 0 Å². The Morgan fingerprint density at radius 2 is 2.10 bits per heavy atom. The molecule has 1 unspecified atom stereocenters. The summed E-state index contributed by atoms with van der Waals surface area (Å²) in [5.74, 6) is 1.82. The number of nitrogens with two attached hydrogens (primary N) is 1. The first-order chi connectivity index (χ1) is 10.2. The lowest BCUT2D eigenvalue weighted by Gasteiger charge is -2.34. The van der Waals surface area contributed by atoms with E-state index in [9.17, 15) is 4.79 Å². The van der Waals surface area contributed by atoms with Crippen molar-refractivity contribution in [3.05, 3.63) is 24.2 Å². The normalized spacial score (nSPS) is 17.9. The molecule has 2 rings (SSSR count). The first kappa shape index (κ1) is 16.0. The Bertz CT molecular complexity index is 411. The van der Waals surface area contributed by atoms with Crippen LogP contribution in [-0.2, 0) is 11.3 Å². The van der Waals surface area contributed by atoms with Crippen molar-refractivity contribution in [2.24, 2.45) is 11.7 Å². The highest BCUT2D eigenvalue weighted by Crippen LogP contribution is 2.13. The van der Waals surface area contributed by atoms with Gasteiger partial charge in [0.25, 0.3) is 0 Å². The number of carbonyl (C=O) groups is 1. The predicted molar refractivity (Wildman–Crippen MR) is 82.6 cm³/mol. The summed E-state index contributed by atoms with van der Waals surface area (Å²) in [5.41, 5.74) is 5.54. The maximum atomic E-state index is 12.2. The lowest BCUT2D eigenvalue weighted by atomic mass is 10.0. The van der Waals surface area contributed by atoms with E-state index in [1.165, 1.54) is 0 Å². The van der Waals surface area contributed by atoms with Gasteiger partial charge in [0.2, 0.25) is 5.91 Å². The second kappa shape index (κ2) is 8.20. The molecule has 1 atom stereocenters. The minimum absolute atomic E-state index is 0.288. The van der Waals surface area contributed by atoms with Crippen LogP contribution in [0.1, 0.15) is 31.9 Å². The van der Waals surface area contributed by atoms with Crippen LogP contribution in [0.5, 0.6) is 0 Å². The minimum Gasteiger partial charge on any atom is -0.468 e. The average molecular weight is 293 g/mol. The molecule has 1 aromatic rings. The molecule has 21 heavy (non-hydrogen) atoms. The standard InChI is InChI=1S/C16H27N3O2/c1-14(6-7-17)4-5-16(20)19-10-8-18(9-11-19)13-15-3-2-12-21-15/h2-3,12,14H,4-11,13,17H2,1H3. The number of rotatable bonds is 7. The van der Waals surface area contributed by atoms with Gasteiger partial charge in [0.05, 0.1) is 12.8 Å². The second-order valence-electron chi connectivity index (χ2n) is 5.96. The summed E-state index contributed by atoms with van der Waals surface area (Å²) >= 11 is 0. The summed E-state index contributed by atoms with van der Waals surface area (Å²) in [5, 5.41) is 0. The van der Waals surface area contributed by atoms with Gasteiger partial charge in [-0.05, 0) is 37.4 Å². The van der Waals surface area contributed by atoms with E-state index in [1.54, 1.807) is 6.26 Å². The molecule has 1 aliphatic rings. The van der Waals surface area contributed by atoms with Gasteiger partial charge in [-0.3, -0.25) is 9.69 Å². The van der Waals surface area contributed by atoms with Crippen LogP contribution in [-0.4, -0.2) is 48.4 Å². The van der Waals surface area contributed by atoms with Gasteiger partial charge >= 0.3 is 0 Å². The van der Waals surface area contributed by atoms with Crippen molar-refractivity contribution in [2.75, 3.05) is 32.7 Å². The van der Waals surface area contributed by atoms with Crippen molar-refractivity contribution >= 4 is 5.91 Å². The van der Waals surface area contributed by atoms with Gasteiger partial charge in [-0.25, -0.2) is 0 Å². The Kier molecular flexibility index (Phi) is 6.26. The molecule has 5 heteroatoms. The molecule has 1 aromatic heterocycles. The molecule has 2 heterocycles. The van der Waals surface area contributed by atoms with Crippen molar-refractivity contribution in [1.82, 2.24) is 9.80 Å². The molecule has 1 amide bonds. The lowest BCUT2D eigenvalue weighted by molar-refractivity contribution is -0.133. The Morgan fingerprint density at radius 1 is 1.33 bits per heavy atom. The molecule has 118 valence electrons. The van der Waals surface area contributed by atoms with Crippen LogP contribution in [0.4, 0.5) is 0 Å². The highest BCUT2D eigenvalue weighted by atomic mass is 16.3. The van der Waals surface area contributed by atoms with E-state index in [1.807, 2.05) is 17.0 Å². The number of amides is 1. The zero-order chi connectivity index (χ0) is 15.1. The fourth-order valence-corrected chi connectivity index (χ4v) is 2.74. The molecule has 0 aliphatic carbocycles. The maximum Gasteiger partial charge on any atom is 0.222 e. The average Bonchev–Trinajstić information content (AvgIpc) is 2.99. The van der Waals surface area contributed by atoms with Crippen LogP contribution in [0.3, 0.4) is 0 Å². The molecule has 0 radical (unpaired) electrons. The lowest BCUT2D eigenvalue weighted by Crippen LogP contribution is -2.48. The van der Waals surface area contributed by atoms with Gasteiger partial charge in [-0.1, -0.05) is 6.92 Å². The fraction of sp³-hybridized carbons (Fsp3) is 0.688. The summed E-state index contributed by atoms with van der Waals surface area (Å²) in [6.07, 6.45) is 4.31. The SMILES string of the molecule is CC(CCN)CCC(=O)N1CCN(Cc2ccco2)CC1. The molecular weight excluding hydrogens is 266 g/mol. The summed E-state index contributed by atoms with van der Waals surface area (Å²) in [4.78, 5) is 16.5. The van der Waals surface area contributed by atoms with Crippen molar-refractivity contribution in [3.8, 4) is 0 Å². The molecule has 2 N–H and O–H groups in total. The highest BCUT2D eigenvalue weighted by molar-refractivity contribution is 5.76. The van der Waals surface area contributed by atoms with E-state index in [-0.39, 0.29) is 5.91 Å². The first-order valence-corrected chi connectivity index (χ1v) is 7.91. The smallest absolute Gasteiger partial charge is 0.222 e. The monoisotopic (exact) mass is 293 g/mol. The third-order valence-electron chi connectivity index (χ3n) is 4.20. The zero-order valence-corrected chi connectivity index (χ0v) is 13.0. The van der Waals surface area contributed by atoms with Gasteiger partial charge in [-0.15, -0.1) is 0 Å². The highest BCUT2D eigenvalue weighted by Gasteiger charge is 2.21. The molecule has 1 saturated heterocycles. The third-order valence-corrected chi connectivity index (χ3v) is 4.20. The molecule has 0 spiro atoms. The van der Waals surface area contributed by atoms with E-state index >= 15 is 0 Å². The van der Waals surface area contributed by atoms with E-state index in [4.69, 9.17) is 10.2 Å². The quantitative estimate of drug-likeness (QED) is 0.831. The zero-order valence-electron chi connectivity index (χ0n) is 13.0. The summed E-state index contributed by atoms with van der Waals surface area (Å²) in [6, 6.07) is 3.91.